The molecule has 0 aliphatic rings. The van der Waals surface area contributed by atoms with E-state index < -0.39 is 25.6 Å². The number of rotatable bonds is 7. The monoisotopic (exact) mass is 309 g/mol. The van der Waals surface area contributed by atoms with E-state index in [-0.39, 0.29) is 5.54 Å². The molecule has 0 aliphatic carbocycles. The molecule has 2 unspecified atom stereocenters. The molecule has 0 aromatic carbocycles. The zero-order valence-electron chi connectivity index (χ0n) is 13.4. The molecule has 0 fully saturated rings. The minimum Gasteiger partial charge on any atom is -0.424 e. The van der Waals surface area contributed by atoms with E-state index in [1.54, 1.807) is 0 Å². The highest BCUT2D eigenvalue weighted by Crippen LogP contribution is 2.32. The minimum absolute atomic E-state index is 0.172. The van der Waals surface area contributed by atoms with Gasteiger partial charge in [0.1, 0.15) is 0 Å². The van der Waals surface area contributed by atoms with Gasteiger partial charge in [-0.05, 0) is 44.3 Å². The molecule has 0 saturated heterocycles. The first-order valence-electron chi connectivity index (χ1n) is 6.68. The molecule has 0 spiro atoms. The second-order valence-corrected chi connectivity index (χ2v) is 17.9. The van der Waals surface area contributed by atoms with Crippen molar-refractivity contribution in [3.63, 3.8) is 0 Å². The Morgan fingerprint density at radius 3 is 1.61 bits per heavy atom. The second kappa shape index (κ2) is 6.29. The molecule has 0 aliphatic heterocycles. The summed E-state index contributed by atoms with van der Waals surface area (Å²) in [6.45, 7) is 16.5. The summed E-state index contributed by atoms with van der Waals surface area (Å²) in [7, 11) is -5.01. The molecule has 4 nitrogen and oxygen atoms in total. The molecule has 0 saturated carbocycles. The Morgan fingerprint density at radius 2 is 1.33 bits per heavy atom. The van der Waals surface area contributed by atoms with Gasteiger partial charge < -0.3 is 18.0 Å². The summed E-state index contributed by atoms with van der Waals surface area (Å²) in [6, 6.07) is 0. The maximum Gasteiger partial charge on any atom is 0.326 e. The lowest BCUT2D eigenvalue weighted by atomic mass is 10.6. The van der Waals surface area contributed by atoms with Crippen LogP contribution in [-0.2, 0) is 8.23 Å². The fourth-order valence-electron chi connectivity index (χ4n) is 1.34. The average molecular weight is 310 g/mol. The molecule has 18 heavy (non-hydrogen) atoms. The van der Waals surface area contributed by atoms with Gasteiger partial charge in [-0.25, -0.2) is 0 Å². The Kier molecular flexibility index (Phi) is 6.47. The van der Waals surface area contributed by atoms with Gasteiger partial charge >= 0.3 is 17.1 Å². The van der Waals surface area contributed by atoms with Crippen molar-refractivity contribution in [3.8, 4) is 0 Å². The molecule has 7 heteroatoms. The lowest BCUT2D eigenvalue weighted by molar-refractivity contribution is 0.293. The van der Waals surface area contributed by atoms with E-state index >= 15 is 0 Å². The summed E-state index contributed by atoms with van der Waals surface area (Å²) in [5.41, 5.74) is 0.487. The quantitative estimate of drug-likeness (QED) is 0.710. The van der Waals surface area contributed by atoms with Crippen LogP contribution in [0.4, 0.5) is 0 Å². The van der Waals surface area contributed by atoms with Crippen molar-refractivity contribution in [2.75, 3.05) is 7.05 Å². The minimum atomic E-state index is -2.66. The van der Waals surface area contributed by atoms with Crippen molar-refractivity contribution >= 4 is 25.6 Å². The molecule has 2 atom stereocenters. The molecule has 0 aromatic rings. The van der Waals surface area contributed by atoms with Crippen molar-refractivity contribution in [3.05, 3.63) is 0 Å². The van der Waals surface area contributed by atoms with Crippen LogP contribution in [0.1, 0.15) is 27.7 Å². The first-order chi connectivity index (χ1) is 7.86. The summed E-state index contributed by atoms with van der Waals surface area (Å²) < 4.78 is 12.5. The van der Waals surface area contributed by atoms with Crippen LogP contribution >= 0.6 is 0 Å². The zero-order chi connectivity index (χ0) is 14.8. The van der Waals surface area contributed by atoms with E-state index in [0.29, 0.717) is 5.54 Å². The number of hydrogen-bond acceptors (Lipinski definition) is 4. The summed E-state index contributed by atoms with van der Waals surface area (Å²) in [6.07, 6.45) is 0. The molecule has 0 radical (unpaired) electrons. The normalized spacial score (nSPS) is 20.0. The third-order valence-corrected chi connectivity index (χ3v) is 16.0. The van der Waals surface area contributed by atoms with Gasteiger partial charge in [0.05, 0.1) is 0 Å². The van der Waals surface area contributed by atoms with Gasteiger partial charge in [0.15, 0.2) is 0 Å². The highest BCUT2D eigenvalue weighted by molar-refractivity contribution is 6.87. The Bertz CT molecular complexity index is 272. The van der Waals surface area contributed by atoms with Crippen LogP contribution < -0.4 is 4.98 Å². The Morgan fingerprint density at radius 1 is 0.889 bits per heavy atom. The highest BCUT2D eigenvalue weighted by atomic mass is 28.5. The largest absolute Gasteiger partial charge is 0.424 e. The van der Waals surface area contributed by atoms with E-state index in [2.05, 4.69) is 38.5 Å². The van der Waals surface area contributed by atoms with E-state index in [1.165, 1.54) is 0 Å². The zero-order valence-corrected chi connectivity index (χ0v) is 16.4. The highest BCUT2D eigenvalue weighted by Gasteiger charge is 2.48. The molecule has 0 heterocycles. The van der Waals surface area contributed by atoms with Gasteiger partial charge in [0.2, 0.25) is 0 Å². The Labute approximate surface area is 116 Å². The maximum absolute atomic E-state index is 10.5. The first-order valence-corrected chi connectivity index (χ1v) is 14.4. The van der Waals surface area contributed by atoms with Crippen LogP contribution in [0, 0.1) is 0 Å². The van der Waals surface area contributed by atoms with Crippen LogP contribution in [-0.4, -0.2) is 37.4 Å². The molecule has 0 rings (SSSR count). The van der Waals surface area contributed by atoms with E-state index in [1.807, 2.05) is 27.4 Å². The standard InChI is InChI=1S/C11H31NO3Si3/c1-10(2)17(8,13)15-18(9,11(3)4)14-16(6,7)12-5/h10-13H,1-9H3. The number of hydrogen-bond donors (Lipinski definition) is 2. The fraction of sp³-hybridized carbons (Fsp3) is 1.00. The second-order valence-electron chi connectivity index (χ2n) is 6.34. The smallest absolute Gasteiger partial charge is 0.326 e. The van der Waals surface area contributed by atoms with Crippen molar-refractivity contribution < 1.29 is 13.0 Å². The molecule has 0 bridgehead atoms. The predicted molar refractivity (Wildman–Crippen MR) is 84.4 cm³/mol. The Balaban J connectivity index is 5.06. The third-order valence-electron chi connectivity index (χ3n) is 3.59. The van der Waals surface area contributed by atoms with Crippen LogP contribution in [0.25, 0.3) is 0 Å². The first kappa shape index (κ1) is 18.5. The summed E-state index contributed by atoms with van der Waals surface area (Å²) >= 11 is 0. The van der Waals surface area contributed by atoms with Crippen molar-refractivity contribution in [1.82, 2.24) is 4.98 Å². The summed E-state index contributed by atoms with van der Waals surface area (Å²) in [5, 5.41) is 0. The van der Waals surface area contributed by atoms with Gasteiger partial charge in [-0.3, -0.25) is 0 Å². The van der Waals surface area contributed by atoms with Crippen LogP contribution in [0.15, 0.2) is 0 Å². The SMILES string of the molecule is CN[Si](C)(C)O[Si](C)(O[Si](C)(O)C(C)C)C(C)C. The van der Waals surface area contributed by atoms with Gasteiger partial charge in [-0.15, -0.1) is 0 Å². The van der Waals surface area contributed by atoms with Gasteiger partial charge in [-0.2, -0.15) is 0 Å². The maximum atomic E-state index is 10.5. The van der Waals surface area contributed by atoms with E-state index in [9.17, 15) is 4.80 Å². The number of nitrogens with one attached hydrogen (secondary N) is 1. The van der Waals surface area contributed by atoms with Gasteiger partial charge in [0, 0.05) is 0 Å². The average Bonchev–Trinajstić information content (AvgIpc) is 2.15. The molecule has 2 N–H and O–H groups in total. The van der Waals surface area contributed by atoms with Crippen molar-refractivity contribution in [2.24, 2.45) is 0 Å². The molecule has 0 amide bonds. The van der Waals surface area contributed by atoms with Crippen molar-refractivity contribution in [1.29, 1.82) is 0 Å². The third kappa shape index (κ3) is 5.24. The van der Waals surface area contributed by atoms with Crippen LogP contribution in [0.2, 0.25) is 37.3 Å². The van der Waals surface area contributed by atoms with E-state index in [4.69, 9.17) is 8.23 Å². The molecule has 0 aromatic heterocycles. The fourth-order valence-corrected chi connectivity index (χ4v) is 12.5. The van der Waals surface area contributed by atoms with Gasteiger partial charge in [0.25, 0.3) is 8.48 Å². The lowest BCUT2D eigenvalue weighted by Crippen LogP contribution is -2.61. The molecule has 110 valence electrons. The topological polar surface area (TPSA) is 50.7 Å². The van der Waals surface area contributed by atoms with Gasteiger partial charge in [-0.1, -0.05) is 27.7 Å². The molecular formula is C11H31NO3Si3. The Hall–Kier alpha value is 0.491. The summed E-state index contributed by atoms with van der Waals surface area (Å²) in [4.78, 5) is 13.8. The molecular weight excluding hydrogens is 278 g/mol. The van der Waals surface area contributed by atoms with E-state index in [0.717, 1.165) is 0 Å². The predicted octanol–water partition coefficient (Wildman–Crippen LogP) is 2.90. The van der Waals surface area contributed by atoms with Crippen LogP contribution in [0.3, 0.4) is 0 Å². The van der Waals surface area contributed by atoms with Crippen LogP contribution in [0.5, 0.6) is 0 Å². The lowest BCUT2D eigenvalue weighted by Gasteiger charge is -2.42. The summed E-state index contributed by atoms with van der Waals surface area (Å²) in [5.74, 6) is 0. The van der Waals surface area contributed by atoms with Crippen molar-refractivity contribution in [2.45, 2.75) is 65.0 Å².